The lowest BCUT2D eigenvalue weighted by atomic mass is 9.45. The Morgan fingerprint density at radius 2 is 1.93 bits per heavy atom. The summed E-state index contributed by atoms with van der Waals surface area (Å²) in [5.74, 6) is -4.55. The number of hydrogen-bond donors (Lipinski definition) is 3. The zero-order valence-corrected chi connectivity index (χ0v) is 16.2. The zero-order valence-electron chi connectivity index (χ0n) is 16.2. The van der Waals surface area contributed by atoms with Crippen LogP contribution in [0.5, 0.6) is 0 Å². The van der Waals surface area contributed by atoms with Gasteiger partial charge in [-0.3, -0.25) is 4.79 Å². The smallest absolute Gasteiger partial charge is 0.336 e. The van der Waals surface area contributed by atoms with Crippen molar-refractivity contribution in [3.63, 3.8) is 0 Å². The molecule has 7 heteroatoms. The molecule has 0 aromatic rings. The van der Waals surface area contributed by atoms with Gasteiger partial charge < -0.3 is 15.3 Å². The van der Waals surface area contributed by atoms with E-state index in [0.29, 0.717) is 0 Å². The third-order valence-corrected chi connectivity index (χ3v) is 8.57. The fraction of sp³-hybridized carbons (Fsp3) is 0.714. The lowest BCUT2D eigenvalue weighted by Gasteiger charge is -2.61. The van der Waals surface area contributed by atoms with Crippen LogP contribution in [-0.4, -0.2) is 44.4 Å². The normalized spacial score (nSPS) is 52.9. The van der Waals surface area contributed by atoms with Crippen molar-refractivity contribution in [2.75, 3.05) is 0 Å². The standard InChI is InChI=1S/C21H26F2O5/c1-10-6-12-13-8-15(22)14-7-11(24)4-5-18(14,2)20(13,23)16(25)9-19(12,3)21(10,28)17(26)27/h4-5,10,12-13,16,25,28H,6-9H2,1-3H3,(H,26,27)/t10-,12?,13?,16+,18?,19?,20+,21+/m1/s1. The topological polar surface area (TPSA) is 94.8 Å². The second-order valence-electron chi connectivity index (χ2n) is 9.59. The first-order valence-corrected chi connectivity index (χ1v) is 9.76. The molecule has 5 nitrogen and oxygen atoms in total. The quantitative estimate of drug-likeness (QED) is 0.634. The number of carbonyl (C=O) groups excluding carboxylic acids is 1. The second kappa shape index (κ2) is 5.51. The molecule has 3 N–H and O–H groups in total. The van der Waals surface area contributed by atoms with Gasteiger partial charge in [-0.1, -0.05) is 19.9 Å². The minimum Gasteiger partial charge on any atom is -0.479 e. The van der Waals surface area contributed by atoms with Gasteiger partial charge in [-0.25, -0.2) is 13.6 Å². The average Bonchev–Trinajstić information content (AvgIpc) is 2.81. The van der Waals surface area contributed by atoms with Crippen molar-refractivity contribution in [2.45, 2.75) is 63.8 Å². The molecular formula is C21H26F2O5. The molecule has 0 aliphatic heterocycles. The van der Waals surface area contributed by atoms with E-state index in [9.17, 15) is 24.9 Å². The summed E-state index contributed by atoms with van der Waals surface area (Å²) in [5.41, 5.74) is -7.08. The van der Waals surface area contributed by atoms with Crippen LogP contribution >= 0.6 is 0 Å². The highest BCUT2D eigenvalue weighted by Gasteiger charge is 2.76. The van der Waals surface area contributed by atoms with Crippen LogP contribution < -0.4 is 0 Å². The van der Waals surface area contributed by atoms with Gasteiger partial charge in [-0.05, 0) is 43.3 Å². The largest absolute Gasteiger partial charge is 0.479 e. The molecule has 0 heterocycles. The van der Waals surface area contributed by atoms with Crippen LogP contribution in [0.4, 0.5) is 8.78 Å². The van der Waals surface area contributed by atoms with Gasteiger partial charge in [0.15, 0.2) is 17.1 Å². The molecule has 28 heavy (non-hydrogen) atoms. The predicted molar refractivity (Wildman–Crippen MR) is 95.5 cm³/mol. The van der Waals surface area contributed by atoms with Crippen LogP contribution in [0.1, 0.15) is 46.5 Å². The van der Waals surface area contributed by atoms with Gasteiger partial charge in [0.25, 0.3) is 0 Å². The van der Waals surface area contributed by atoms with E-state index in [1.54, 1.807) is 13.8 Å². The number of halogens is 2. The van der Waals surface area contributed by atoms with Crippen molar-refractivity contribution >= 4 is 11.8 Å². The van der Waals surface area contributed by atoms with Gasteiger partial charge in [0.05, 0.1) is 6.10 Å². The molecule has 4 unspecified atom stereocenters. The molecule has 2 fully saturated rings. The summed E-state index contributed by atoms with van der Waals surface area (Å²) in [6, 6.07) is 0. The van der Waals surface area contributed by atoms with Gasteiger partial charge in [0.2, 0.25) is 0 Å². The minimum atomic E-state index is -2.25. The van der Waals surface area contributed by atoms with E-state index in [1.807, 2.05) is 0 Å². The molecule has 4 rings (SSSR count). The summed E-state index contributed by atoms with van der Waals surface area (Å²) in [6.07, 6.45) is 0.456. The SMILES string of the molecule is C[C@@H]1CC2C3CC(F)=C4CC(=O)C=CC4(C)[C@@]3(F)[C@@H](O)CC2(C)[C@@]1(O)C(=O)O. The molecule has 0 amide bonds. The summed E-state index contributed by atoms with van der Waals surface area (Å²) in [4.78, 5) is 23.8. The first kappa shape index (κ1) is 19.7. The third-order valence-electron chi connectivity index (χ3n) is 8.57. The Balaban J connectivity index is 1.91. The number of alkyl halides is 1. The number of allylic oxidation sites excluding steroid dienone is 4. The number of carbonyl (C=O) groups is 2. The lowest BCUT2D eigenvalue weighted by Crippen LogP contribution is -2.69. The molecular weight excluding hydrogens is 370 g/mol. The van der Waals surface area contributed by atoms with Gasteiger partial charge in [-0.15, -0.1) is 0 Å². The molecule has 0 bridgehead atoms. The van der Waals surface area contributed by atoms with Crippen LogP contribution in [0.15, 0.2) is 23.6 Å². The Labute approximate surface area is 162 Å². The Bertz CT molecular complexity index is 837. The summed E-state index contributed by atoms with van der Waals surface area (Å²) < 4.78 is 31.9. The van der Waals surface area contributed by atoms with Crippen LogP contribution in [0.25, 0.3) is 0 Å². The zero-order chi connectivity index (χ0) is 20.9. The molecule has 8 atom stereocenters. The van der Waals surface area contributed by atoms with Crippen LogP contribution in [0.3, 0.4) is 0 Å². The van der Waals surface area contributed by atoms with Crippen molar-refractivity contribution in [3.05, 3.63) is 23.6 Å². The Kier molecular flexibility index (Phi) is 3.88. The molecule has 0 saturated heterocycles. The van der Waals surface area contributed by atoms with Crippen LogP contribution in [0, 0.1) is 28.6 Å². The van der Waals surface area contributed by atoms with Crippen molar-refractivity contribution in [1.82, 2.24) is 0 Å². The number of rotatable bonds is 1. The first-order chi connectivity index (χ1) is 12.8. The fourth-order valence-electron chi connectivity index (χ4n) is 6.97. The highest BCUT2D eigenvalue weighted by molar-refractivity contribution is 5.93. The fourth-order valence-corrected chi connectivity index (χ4v) is 6.97. The molecule has 4 aliphatic carbocycles. The van der Waals surface area contributed by atoms with Gasteiger partial charge in [0.1, 0.15) is 5.83 Å². The maximum Gasteiger partial charge on any atom is 0.336 e. The van der Waals surface area contributed by atoms with E-state index >= 15 is 8.78 Å². The highest BCUT2D eigenvalue weighted by Crippen LogP contribution is 2.70. The maximum atomic E-state index is 16.8. The number of hydrogen-bond acceptors (Lipinski definition) is 4. The Morgan fingerprint density at radius 3 is 2.54 bits per heavy atom. The monoisotopic (exact) mass is 396 g/mol. The summed E-state index contributed by atoms with van der Waals surface area (Å²) in [5, 5.41) is 31.8. The molecule has 0 aromatic heterocycles. The summed E-state index contributed by atoms with van der Waals surface area (Å²) >= 11 is 0. The van der Waals surface area contributed by atoms with E-state index in [-0.39, 0.29) is 37.0 Å². The van der Waals surface area contributed by atoms with Gasteiger partial charge in [-0.2, -0.15) is 0 Å². The number of ketones is 1. The first-order valence-electron chi connectivity index (χ1n) is 9.76. The van der Waals surface area contributed by atoms with E-state index in [1.165, 1.54) is 19.1 Å². The van der Waals surface area contributed by atoms with Crippen molar-refractivity contribution in [1.29, 1.82) is 0 Å². The van der Waals surface area contributed by atoms with E-state index in [2.05, 4.69) is 0 Å². The lowest BCUT2D eigenvalue weighted by molar-refractivity contribution is -0.223. The summed E-state index contributed by atoms with van der Waals surface area (Å²) in [6.45, 7) is 4.67. The van der Waals surface area contributed by atoms with Crippen LogP contribution in [0.2, 0.25) is 0 Å². The molecule has 0 aromatic carbocycles. The number of aliphatic hydroxyl groups is 2. The van der Waals surface area contributed by atoms with E-state index in [0.717, 1.165) is 0 Å². The third kappa shape index (κ3) is 1.92. The molecule has 4 aliphatic rings. The highest BCUT2D eigenvalue weighted by atomic mass is 19.1. The average molecular weight is 396 g/mol. The predicted octanol–water partition coefficient (Wildman–Crippen LogP) is 2.72. The van der Waals surface area contributed by atoms with Gasteiger partial charge >= 0.3 is 5.97 Å². The van der Waals surface area contributed by atoms with Crippen molar-refractivity contribution in [2.24, 2.45) is 28.6 Å². The molecule has 154 valence electrons. The molecule has 0 spiro atoms. The second-order valence-corrected chi connectivity index (χ2v) is 9.59. The van der Waals surface area contributed by atoms with E-state index < -0.39 is 57.8 Å². The molecule has 2 saturated carbocycles. The van der Waals surface area contributed by atoms with Crippen molar-refractivity contribution in [3.8, 4) is 0 Å². The molecule has 0 radical (unpaired) electrons. The van der Waals surface area contributed by atoms with E-state index in [4.69, 9.17) is 0 Å². The Hall–Kier alpha value is -1.60. The maximum absolute atomic E-state index is 16.8. The van der Waals surface area contributed by atoms with Crippen molar-refractivity contribution < 1.29 is 33.7 Å². The van der Waals surface area contributed by atoms with Crippen LogP contribution in [-0.2, 0) is 9.59 Å². The minimum absolute atomic E-state index is 0.0703. The Morgan fingerprint density at radius 1 is 1.29 bits per heavy atom. The number of aliphatic carboxylic acids is 1. The number of fused-ring (bicyclic) bond motifs is 5. The number of carboxylic acid groups (broad SMARTS) is 1. The summed E-state index contributed by atoms with van der Waals surface area (Å²) in [7, 11) is 0. The van der Waals surface area contributed by atoms with Gasteiger partial charge in [0, 0.05) is 29.6 Å². The number of carboxylic acids is 1. The number of aliphatic hydroxyl groups excluding tert-OH is 1.